The molecule has 0 saturated heterocycles. The molecule has 0 radical (unpaired) electrons. The Hall–Kier alpha value is -1.84. The van der Waals surface area contributed by atoms with Gasteiger partial charge in [-0.3, -0.25) is 4.98 Å². The Labute approximate surface area is 87.0 Å². The second-order valence-electron chi connectivity index (χ2n) is 3.84. The predicted molar refractivity (Wildman–Crippen MR) is 57.1 cm³/mol. The minimum absolute atomic E-state index is 0.179. The van der Waals surface area contributed by atoms with Crippen molar-refractivity contribution in [2.75, 3.05) is 0 Å². The van der Waals surface area contributed by atoms with Gasteiger partial charge < -0.3 is 10.1 Å². The molecule has 0 aliphatic carbocycles. The van der Waals surface area contributed by atoms with Crippen molar-refractivity contribution in [2.45, 2.75) is 19.8 Å². The Balaban J connectivity index is 2.57. The quantitative estimate of drug-likeness (QED) is 0.789. The summed E-state index contributed by atoms with van der Waals surface area (Å²) in [5, 5.41) is 8.81. The summed E-state index contributed by atoms with van der Waals surface area (Å²) in [5.74, 6) is -0.572. The van der Waals surface area contributed by atoms with Gasteiger partial charge in [0.2, 0.25) is 0 Å². The van der Waals surface area contributed by atoms with Crippen LogP contribution in [-0.2, 0) is 0 Å². The number of hydrogen-bond donors (Lipinski definition) is 2. The van der Waals surface area contributed by atoms with Crippen molar-refractivity contribution in [1.29, 1.82) is 0 Å². The van der Waals surface area contributed by atoms with Crippen LogP contribution in [0.2, 0.25) is 0 Å². The summed E-state index contributed by atoms with van der Waals surface area (Å²) >= 11 is 0. The average molecular weight is 204 g/mol. The van der Waals surface area contributed by atoms with E-state index in [1.54, 1.807) is 12.3 Å². The van der Waals surface area contributed by atoms with Gasteiger partial charge in [-0.2, -0.15) is 0 Å². The van der Waals surface area contributed by atoms with E-state index in [1.165, 1.54) is 0 Å². The standard InChI is InChI=1S/C11H12N2O2/c1-6(2)7-3-9-8(12-5-7)4-10(13-9)11(14)15/h3-6,13H,1-2H3,(H,14,15). The molecule has 0 fully saturated rings. The third-order valence-corrected chi connectivity index (χ3v) is 2.39. The molecule has 4 nitrogen and oxygen atoms in total. The van der Waals surface area contributed by atoms with E-state index in [2.05, 4.69) is 23.8 Å². The fourth-order valence-corrected chi connectivity index (χ4v) is 1.46. The number of carboxylic acids is 1. The molecule has 0 aromatic carbocycles. The molecule has 0 atom stereocenters. The molecule has 4 heteroatoms. The zero-order chi connectivity index (χ0) is 11.0. The van der Waals surface area contributed by atoms with Gasteiger partial charge in [0.05, 0.1) is 11.0 Å². The SMILES string of the molecule is CC(C)c1cnc2cc(C(=O)O)[nH]c2c1. The van der Waals surface area contributed by atoms with E-state index < -0.39 is 5.97 Å². The lowest BCUT2D eigenvalue weighted by Crippen LogP contribution is -1.94. The number of nitrogens with one attached hydrogen (secondary N) is 1. The van der Waals surface area contributed by atoms with Crippen molar-refractivity contribution in [3.8, 4) is 0 Å². The Morgan fingerprint density at radius 3 is 2.80 bits per heavy atom. The highest BCUT2D eigenvalue weighted by Gasteiger charge is 2.09. The molecule has 2 aromatic rings. The number of carbonyl (C=O) groups is 1. The predicted octanol–water partition coefficient (Wildman–Crippen LogP) is 2.38. The molecule has 0 saturated carbocycles. The van der Waals surface area contributed by atoms with Crippen LogP contribution in [0.4, 0.5) is 0 Å². The van der Waals surface area contributed by atoms with Crippen LogP contribution in [0.25, 0.3) is 11.0 Å². The van der Waals surface area contributed by atoms with E-state index in [-0.39, 0.29) is 5.69 Å². The van der Waals surface area contributed by atoms with Gasteiger partial charge in [0.15, 0.2) is 0 Å². The summed E-state index contributed by atoms with van der Waals surface area (Å²) in [6, 6.07) is 3.49. The van der Waals surface area contributed by atoms with Gasteiger partial charge in [-0.25, -0.2) is 4.79 Å². The van der Waals surface area contributed by atoms with Crippen molar-refractivity contribution >= 4 is 17.0 Å². The van der Waals surface area contributed by atoms with Crippen molar-refractivity contribution < 1.29 is 9.90 Å². The summed E-state index contributed by atoms with van der Waals surface area (Å²) < 4.78 is 0. The third-order valence-electron chi connectivity index (χ3n) is 2.39. The van der Waals surface area contributed by atoms with E-state index in [0.717, 1.165) is 11.1 Å². The van der Waals surface area contributed by atoms with Crippen LogP contribution in [-0.4, -0.2) is 21.0 Å². The molecule has 0 aliphatic heterocycles. The van der Waals surface area contributed by atoms with E-state index in [4.69, 9.17) is 5.11 Å². The van der Waals surface area contributed by atoms with Crippen LogP contribution in [0.1, 0.15) is 35.8 Å². The van der Waals surface area contributed by atoms with Gasteiger partial charge in [0.25, 0.3) is 0 Å². The summed E-state index contributed by atoms with van der Waals surface area (Å²) in [7, 11) is 0. The first-order valence-corrected chi connectivity index (χ1v) is 4.80. The van der Waals surface area contributed by atoms with Crippen LogP contribution < -0.4 is 0 Å². The van der Waals surface area contributed by atoms with Crippen molar-refractivity contribution in [3.63, 3.8) is 0 Å². The number of H-pyrrole nitrogens is 1. The summed E-state index contributed by atoms with van der Waals surface area (Å²) in [5.41, 5.74) is 2.75. The number of fused-ring (bicyclic) bond motifs is 1. The topological polar surface area (TPSA) is 66.0 Å². The van der Waals surface area contributed by atoms with Gasteiger partial charge in [0, 0.05) is 6.20 Å². The number of aromatic nitrogens is 2. The fourth-order valence-electron chi connectivity index (χ4n) is 1.46. The van der Waals surface area contributed by atoms with E-state index in [0.29, 0.717) is 11.4 Å². The van der Waals surface area contributed by atoms with Crippen molar-refractivity contribution in [1.82, 2.24) is 9.97 Å². The minimum atomic E-state index is -0.959. The molecule has 0 aliphatic rings. The highest BCUT2D eigenvalue weighted by molar-refractivity contribution is 5.92. The van der Waals surface area contributed by atoms with Crippen LogP contribution >= 0.6 is 0 Å². The first-order valence-electron chi connectivity index (χ1n) is 4.80. The molecule has 0 bridgehead atoms. The number of rotatable bonds is 2. The number of aromatic amines is 1. The minimum Gasteiger partial charge on any atom is -0.477 e. The zero-order valence-electron chi connectivity index (χ0n) is 8.61. The molecule has 15 heavy (non-hydrogen) atoms. The van der Waals surface area contributed by atoms with Gasteiger partial charge in [-0.05, 0) is 23.6 Å². The van der Waals surface area contributed by atoms with Gasteiger partial charge >= 0.3 is 5.97 Å². The molecule has 2 rings (SSSR count). The molecule has 2 heterocycles. The summed E-state index contributed by atoms with van der Waals surface area (Å²) in [4.78, 5) is 17.8. The fraction of sp³-hybridized carbons (Fsp3) is 0.273. The van der Waals surface area contributed by atoms with Crippen molar-refractivity contribution in [2.24, 2.45) is 0 Å². The zero-order valence-corrected chi connectivity index (χ0v) is 8.61. The van der Waals surface area contributed by atoms with Crippen LogP contribution in [0.3, 0.4) is 0 Å². The lowest BCUT2D eigenvalue weighted by Gasteiger charge is -2.03. The number of carboxylic acid groups (broad SMARTS) is 1. The summed E-state index contributed by atoms with van der Waals surface area (Å²) in [6.45, 7) is 4.15. The molecule has 0 unspecified atom stereocenters. The number of pyridine rings is 1. The first kappa shape index (κ1) is 9.71. The van der Waals surface area contributed by atoms with Crippen molar-refractivity contribution in [3.05, 3.63) is 29.6 Å². The summed E-state index contributed by atoms with van der Waals surface area (Å²) in [6.07, 6.45) is 1.78. The molecule has 2 N–H and O–H groups in total. The largest absolute Gasteiger partial charge is 0.477 e. The average Bonchev–Trinajstić information content (AvgIpc) is 2.59. The number of aromatic carboxylic acids is 1. The van der Waals surface area contributed by atoms with Crippen LogP contribution in [0, 0.1) is 0 Å². The lowest BCUT2D eigenvalue weighted by molar-refractivity contribution is 0.0691. The molecular weight excluding hydrogens is 192 g/mol. The Morgan fingerprint density at radius 1 is 1.47 bits per heavy atom. The maximum Gasteiger partial charge on any atom is 0.352 e. The lowest BCUT2D eigenvalue weighted by atomic mass is 10.1. The van der Waals surface area contributed by atoms with E-state index in [9.17, 15) is 4.79 Å². The Kier molecular flexibility index (Phi) is 2.19. The highest BCUT2D eigenvalue weighted by Crippen LogP contribution is 2.19. The van der Waals surface area contributed by atoms with E-state index >= 15 is 0 Å². The normalized spacial score (nSPS) is 11.1. The van der Waals surface area contributed by atoms with Crippen LogP contribution in [0.5, 0.6) is 0 Å². The maximum absolute atomic E-state index is 10.7. The Bertz CT molecular complexity index is 514. The smallest absolute Gasteiger partial charge is 0.352 e. The third kappa shape index (κ3) is 1.70. The second kappa shape index (κ2) is 3.38. The molecule has 78 valence electrons. The van der Waals surface area contributed by atoms with Crippen LogP contribution in [0.15, 0.2) is 18.3 Å². The van der Waals surface area contributed by atoms with Gasteiger partial charge in [0.1, 0.15) is 5.69 Å². The number of nitrogens with zero attached hydrogens (tertiary/aromatic N) is 1. The second-order valence-corrected chi connectivity index (χ2v) is 3.84. The van der Waals surface area contributed by atoms with E-state index in [1.807, 2.05) is 6.07 Å². The molecule has 0 amide bonds. The molecule has 2 aromatic heterocycles. The highest BCUT2D eigenvalue weighted by atomic mass is 16.4. The van der Waals surface area contributed by atoms with Gasteiger partial charge in [-0.1, -0.05) is 13.8 Å². The van der Waals surface area contributed by atoms with Gasteiger partial charge in [-0.15, -0.1) is 0 Å². The maximum atomic E-state index is 10.7. The number of hydrogen-bond acceptors (Lipinski definition) is 2. The molecule has 0 spiro atoms. The first-order chi connectivity index (χ1) is 7.08. The molecular formula is C11H12N2O2. The monoisotopic (exact) mass is 204 g/mol. The Morgan fingerprint density at radius 2 is 2.20 bits per heavy atom.